The van der Waals surface area contributed by atoms with Crippen LogP contribution in [0.15, 0.2) is 4.52 Å². The van der Waals surface area contributed by atoms with E-state index in [1.807, 2.05) is 20.9 Å². The fourth-order valence-electron chi connectivity index (χ4n) is 2.43. The topological polar surface area (TPSA) is 51.0 Å². The first kappa shape index (κ1) is 12.6. The highest BCUT2D eigenvalue weighted by Crippen LogP contribution is 2.35. The summed E-state index contributed by atoms with van der Waals surface area (Å²) in [5.74, 6) is 2.86. The Labute approximate surface area is 103 Å². The monoisotopic (exact) mass is 237 g/mol. The van der Waals surface area contributed by atoms with Crippen LogP contribution in [-0.4, -0.2) is 17.2 Å². The number of aromatic nitrogens is 2. The lowest BCUT2D eigenvalue weighted by Crippen LogP contribution is -2.33. The molecule has 1 aromatic heterocycles. The summed E-state index contributed by atoms with van der Waals surface area (Å²) in [6.45, 7) is 6.41. The number of hydrogen-bond donors (Lipinski definition) is 1. The number of nitrogens with zero attached hydrogens (tertiary/aromatic N) is 2. The Kier molecular flexibility index (Phi) is 3.52. The molecular weight excluding hydrogens is 214 g/mol. The largest absolute Gasteiger partial charge is 0.337 e. The smallest absolute Gasteiger partial charge is 0.246 e. The molecule has 0 bridgehead atoms. The lowest BCUT2D eigenvalue weighted by Gasteiger charge is -2.24. The van der Waals surface area contributed by atoms with Crippen LogP contribution in [0.2, 0.25) is 0 Å². The standard InChI is InChI=1S/C13H23N3O/c1-9-6-5-7-10(8-9)11-15-12(17-16-11)13(2,3)14-4/h9-10,14H,5-8H2,1-4H3. The second kappa shape index (κ2) is 4.77. The van der Waals surface area contributed by atoms with Gasteiger partial charge >= 0.3 is 0 Å². The third-order valence-corrected chi connectivity index (χ3v) is 3.90. The van der Waals surface area contributed by atoms with Crippen molar-refractivity contribution in [2.75, 3.05) is 7.05 Å². The van der Waals surface area contributed by atoms with Gasteiger partial charge < -0.3 is 9.84 Å². The molecule has 17 heavy (non-hydrogen) atoms. The number of nitrogens with one attached hydrogen (secondary N) is 1. The maximum absolute atomic E-state index is 5.39. The van der Waals surface area contributed by atoms with Crippen molar-refractivity contribution in [3.05, 3.63) is 11.7 Å². The van der Waals surface area contributed by atoms with Gasteiger partial charge in [0.05, 0.1) is 5.54 Å². The van der Waals surface area contributed by atoms with Gasteiger partial charge in [-0.3, -0.25) is 0 Å². The zero-order chi connectivity index (χ0) is 12.5. The summed E-state index contributed by atoms with van der Waals surface area (Å²) in [7, 11) is 1.91. The van der Waals surface area contributed by atoms with Crippen LogP contribution in [0.5, 0.6) is 0 Å². The van der Waals surface area contributed by atoms with Crippen LogP contribution in [-0.2, 0) is 5.54 Å². The van der Waals surface area contributed by atoms with E-state index >= 15 is 0 Å². The summed E-state index contributed by atoms with van der Waals surface area (Å²) < 4.78 is 5.39. The molecule has 1 saturated carbocycles. The van der Waals surface area contributed by atoms with Crippen molar-refractivity contribution in [2.24, 2.45) is 5.92 Å². The van der Waals surface area contributed by atoms with Crippen molar-refractivity contribution in [3.63, 3.8) is 0 Å². The van der Waals surface area contributed by atoms with E-state index in [1.165, 1.54) is 25.7 Å². The molecule has 0 amide bonds. The summed E-state index contributed by atoms with van der Waals surface area (Å²) in [5.41, 5.74) is -0.245. The van der Waals surface area contributed by atoms with Crippen molar-refractivity contribution < 1.29 is 4.52 Å². The second-order valence-corrected chi connectivity index (χ2v) is 5.80. The highest BCUT2D eigenvalue weighted by molar-refractivity contribution is 5.03. The summed E-state index contributed by atoms with van der Waals surface area (Å²) in [6, 6.07) is 0. The molecule has 1 aliphatic rings. The lowest BCUT2D eigenvalue weighted by molar-refractivity contribution is 0.275. The Morgan fingerprint density at radius 2 is 2.12 bits per heavy atom. The molecule has 1 fully saturated rings. The first-order chi connectivity index (χ1) is 8.03. The Bertz CT molecular complexity index is 372. The normalized spacial score (nSPS) is 26.1. The number of rotatable bonds is 3. The van der Waals surface area contributed by atoms with Crippen molar-refractivity contribution >= 4 is 0 Å². The molecule has 1 aromatic rings. The molecule has 1 heterocycles. The van der Waals surface area contributed by atoms with Gasteiger partial charge in [-0.05, 0) is 39.7 Å². The van der Waals surface area contributed by atoms with Crippen molar-refractivity contribution in [1.82, 2.24) is 15.5 Å². The van der Waals surface area contributed by atoms with Crippen LogP contribution < -0.4 is 5.32 Å². The zero-order valence-corrected chi connectivity index (χ0v) is 11.3. The molecule has 0 aromatic carbocycles. The zero-order valence-electron chi connectivity index (χ0n) is 11.3. The molecule has 0 spiro atoms. The van der Waals surface area contributed by atoms with E-state index in [-0.39, 0.29) is 5.54 Å². The van der Waals surface area contributed by atoms with Gasteiger partial charge in [0.2, 0.25) is 5.89 Å². The van der Waals surface area contributed by atoms with E-state index in [0.717, 1.165) is 11.7 Å². The predicted octanol–water partition coefficient (Wildman–Crippen LogP) is 2.82. The van der Waals surface area contributed by atoms with Gasteiger partial charge in [-0.25, -0.2) is 0 Å². The summed E-state index contributed by atoms with van der Waals surface area (Å²) in [6.07, 6.45) is 5.01. The summed E-state index contributed by atoms with van der Waals surface area (Å²) >= 11 is 0. The highest BCUT2D eigenvalue weighted by atomic mass is 16.5. The van der Waals surface area contributed by atoms with Crippen molar-refractivity contribution in [3.8, 4) is 0 Å². The Hall–Kier alpha value is -0.900. The maximum atomic E-state index is 5.39. The van der Waals surface area contributed by atoms with E-state index in [0.29, 0.717) is 11.8 Å². The summed E-state index contributed by atoms with van der Waals surface area (Å²) in [4.78, 5) is 4.57. The molecular formula is C13H23N3O. The minimum absolute atomic E-state index is 0.245. The van der Waals surface area contributed by atoms with Crippen LogP contribution in [0, 0.1) is 5.92 Å². The molecule has 2 atom stereocenters. The van der Waals surface area contributed by atoms with Crippen LogP contribution in [0.3, 0.4) is 0 Å². The minimum atomic E-state index is -0.245. The van der Waals surface area contributed by atoms with Crippen LogP contribution in [0.4, 0.5) is 0 Å². The SMILES string of the molecule is CNC(C)(C)c1nc(C2CCCC(C)C2)no1. The van der Waals surface area contributed by atoms with Crippen molar-refractivity contribution in [2.45, 2.75) is 57.9 Å². The molecule has 1 aliphatic carbocycles. The molecule has 4 heteroatoms. The van der Waals surface area contributed by atoms with Crippen LogP contribution in [0.25, 0.3) is 0 Å². The van der Waals surface area contributed by atoms with E-state index in [9.17, 15) is 0 Å². The molecule has 4 nitrogen and oxygen atoms in total. The Morgan fingerprint density at radius 1 is 1.35 bits per heavy atom. The first-order valence-corrected chi connectivity index (χ1v) is 6.56. The lowest BCUT2D eigenvalue weighted by atomic mass is 9.82. The molecule has 0 aliphatic heterocycles. The van der Waals surface area contributed by atoms with Gasteiger partial charge in [-0.2, -0.15) is 4.98 Å². The fourth-order valence-corrected chi connectivity index (χ4v) is 2.43. The Balaban J connectivity index is 2.12. The quantitative estimate of drug-likeness (QED) is 0.878. The maximum Gasteiger partial charge on any atom is 0.246 e. The summed E-state index contributed by atoms with van der Waals surface area (Å²) in [5, 5.41) is 7.35. The Morgan fingerprint density at radius 3 is 2.76 bits per heavy atom. The van der Waals surface area contributed by atoms with Gasteiger partial charge in [0.15, 0.2) is 5.82 Å². The van der Waals surface area contributed by atoms with Crippen LogP contribution in [0.1, 0.15) is 64.1 Å². The third-order valence-electron chi connectivity index (χ3n) is 3.90. The van der Waals surface area contributed by atoms with E-state index in [2.05, 4.69) is 22.4 Å². The molecule has 1 N–H and O–H groups in total. The van der Waals surface area contributed by atoms with Gasteiger partial charge in [-0.1, -0.05) is 24.9 Å². The van der Waals surface area contributed by atoms with Gasteiger partial charge in [-0.15, -0.1) is 0 Å². The molecule has 2 rings (SSSR count). The minimum Gasteiger partial charge on any atom is -0.337 e. The van der Waals surface area contributed by atoms with Gasteiger partial charge in [0, 0.05) is 5.92 Å². The van der Waals surface area contributed by atoms with Gasteiger partial charge in [0.25, 0.3) is 0 Å². The molecule has 96 valence electrons. The van der Waals surface area contributed by atoms with Gasteiger partial charge in [0.1, 0.15) is 0 Å². The highest BCUT2D eigenvalue weighted by Gasteiger charge is 2.29. The van der Waals surface area contributed by atoms with E-state index in [4.69, 9.17) is 4.52 Å². The first-order valence-electron chi connectivity index (χ1n) is 6.56. The fraction of sp³-hybridized carbons (Fsp3) is 0.846. The number of hydrogen-bond acceptors (Lipinski definition) is 4. The predicted molar refractivity (Wildman–Crippen MR) is 66.8 cm³/mol. The molecule has 2 unspecified atom stereocenters. The second-order valence-electron chi connectivity index (χ2n) is 5.80. The average Bonchev–Trinajstić information content (AvgIpc) is 2.79. The molecule has 0 radical (unpaired) electrons. The third kappa shape index (κ3) is 2.68. The van der Waals surface area contributed by atoms with E-state index in [1.54, 1.807) is 0 Å². The van der Waals surface area contributed by atoms with Crippen molar-refractivity contribution in [1.29, 1.82) is 0 Å². The molecule has 0 saturated heterocycles. The average molecular weight is 237 g/mol. The van der Waals surface area contributed by atoms with E-state index < -0.39 is 0 Å². The van der Waals surface area contributed by atoms with Crippen LogP contribution >= 0.6 is 0 Å².